The van der Waals surface area contributed by atoms with E-state index in [-0.39, 0.29) is 11.3 Å². The first-order chi connectivity index (χ1) is 16.5. The van der Waals surface area contributed by atoms with Crippen molar-refractivity contribution in [3.8, 4) is 23.3 Å². The van der Waals surface area contributed by atoms with Gasteiger partial charge in [0.2, 0.25) is 5.56 Å². The number of aliphatic hydroxyl groups is 1. The van der Waals surface area contributed by atoms with Crippen LogP contribution in [-0.2, 0) is 6.54 Å². The number of pyridine rings is 1. The summed E-state index contributed by atoms with van der Waals surface area (Å²) < 4.78 is 5.90. The van der Waals surface area contributed by atoms with Crippen molar-refractivity contribution in [1.29, 1.82) is 0 Å². The monoisotopic (exact) mass is 461 g/mol. The molecule has 0 saturated heterocycles. The molecule has 2 atom stereocenters. The molecule has 1 unspecified atom stereocenters. The van der Waals surface area contributed by atoms with Crippen LogP contribution in [0.3, 0.4) is 0 Å². The summed E-state index contributed by atoms with van der Waals surface area (Å²) in [6.45, 7) is 2.42. The molecule has 0 radical (unpaired) electrons. The molecule has 34 heavy (non-hydrogen) atoms. The lowest BCUT2D eigenvalue weighted by molar-refractivity contribution is 0.176. The van der Waals surface area contributed by atoms with Crippen molar-refractivity contribution in [2.24, 2.45) is 0 Å². The van der Waals surface area contributed by atoms with Gasteiger partial charge in [-0.2, -0.15) is 0 Å². The van der Waals surface area contributed by atoms with Gasteiger partial charge in [0, 0.05) is 50.0 Å². The third-order valence-corrected chi connectivity index (χ3v) is 6.26. The highest BCUT2D eigenvalue weighted by Gasteiger charge is 2.15. The van der Waals surface area contributed by atoms with Gasteiger partial charge in [-0.3, -0.25) is 9.69 Å². The Morgan fingerprint density at radius 1 is 1.18 bits per heavy atom. The lowest BCUT2D eigenvalue weighted by Crippen LogP contribution is -2.35. The number of benzene rings is 2. The van der Waals surface area contributed by atoms with Gasteiger partial charge in [0.05, 0.1) is 11.6 Å². The van der Waals surface area contributed by atoms with Crippen LogP contribution >= 0.6 is 0 Å². The maximum absolute atomic E-state index is 11.6. The molecule has 1 aliphatic carbocycles. The second-order valence-electron chi connectivity index (χ2n) is 8.66. The number of aromatic nitrogens is 1. The average molecular weight is 462 g/mol. The minimum atomic E-state index is -0.788. The van der Waals surface area contributed by atoms with E-state index in [0.717, 1.165) is 37.1 Å². The van der Waals surface area contributed by atoms with Crippen LogP contribution in [0.2, 0.25) is 0 Å². The van der Waals surface area contributed by atoms with Crippen molar-refractivity contribution in [3.63, 3.8) is 0 Å². The molecule has 4 N–H and O–H groups in total. The summed E-state index contributed by atoms with van der Waals surface area (Å²) >= 11 is 0. The van der Waals surface area contributed by atoms with E-state index in [0.29, 0.717) is 42.2 Å². The Kier molecular flexibility index (Phi) is 7.86. The molecule has 0 fully saturated rings. The van der Waals surface area contributed by atoms with E-state index >= 15 is 0 Å². The van der Waals surface area contributed by atoms with Crippen LogP contribution in [0.4, 0.5) is 0 Å². The van der Waals surface area contributed by atoms with Gasteiger partial charge in [0.1, 0.15) is 18.1 Å². The second kappa shape index (κ2) is 11.2. The summed E-state index contributed by atoms with van der Waals surface area (Å²) in [7, 11) is 2.13. The van der Waals surface area contributed by atoms with E-state index in [1.165, 1.54) is 12.1 Å². The Morgan fingerprint density at radius 3 is 2.76 bits per heavy atom. The van der Waals surface area contributed by atoms with Crippen molar-refractivity contribution < 1.29 is 14.9 Å². The van der Waals surface area contributed by atoms with Gasteiger partial charge in [-0.15, -0.1) is 11.8 Å². The molecule has 2 aromatic carbocycles. The zero-order valence-electron chi connectivity index (χ0n) is 19.4. The van der Waals surface area contributed by atoms with Gasteiger partial charge in [0.25, 0.3) is 0 Å². The van der Waals surface area contributed by atoms with Crippen LogP contribution in [0.25, 0.3) is 10.9 Å². The number of phenols is 1. The molecule has 0 aliphatic heterocycles. The van der Waals surface area contributed by atoms with E-state index in [9.17, 15) is 15.0 Å². The number of ether oxygens (including phenoxy) is 1. The molecule has 3 aromatic rings. The number of rotatable bonds is 10. The SMILES string of the molecule is CN(CCOc1ccc(CNC[C@H](O)c2ccc(O)c3[nH]c(=O)ccc23)cc1)C1CC#CCC1. The zero-order chi connectivity index (χ0) is 23.9. The Morgan fingerprint density at radius 2 is 2.00 bits per heavy atom. The van der Waals surface area contributed by atoms with Crippen LogP contribution in [-0.4, -0.2) is 52.9 Å². The zero-order valence-corrected chi connectivity index (χ0v) is 19.4. The average Bonchev–Trinajstić information content (AvgIpc) is 2.86. The van der Waals surface area contributed by atoms with Crippen LogP contribution in [0.1, 0.15) is 36.5 Å². The molecule has 1 aromatic heterocycles. The Bertz CT molecular complexity index is 1230. The molecule has 0 amide bonds. The van der Waals surface area contributed by atoms with Crippen LogP contribution in [0.5, 0.6) is 11.5 Å². The summed E-state index contributed by atoms with van der Waals surface area (Å²) in [4.78, 5) is 16.5. The lowest BCUT2D eigenvalue weighted by Gasteiger charge is -2.27. The van der Waals surface area contributed by atoms with Gasteiger partial charge in [-0.1, -0.05) is 18.2 Å². The largest absolute Gasteiger partial charge is 0.506 e. The summed E-state index contributed by atoms with van der Waals surface area (Å²) in [5.41, 5.74) is 1.76. The molecule has 0 spiro atoms. The van der Waals surface area contributed by atoms with Gasteiger partial charge in [-0.25, -0.2) is 0 Å². The van der Waals surface area contributed by atoms with E-state index in [4.69, 9.17) is 4.74 Å². The van der Waals surface area contributed by atoms with Gasteiger partial charge in [-0.05, 0) is 48.9 Å². The van der Waals surface area contributed by atoms with Crippen molar-refractivity contribution in [2.45, 2.75) is 38.0 Å². The van der Waals surface area contributed by atoms with Crippen molar-refractivity contribution >= 4 is 10.9 Å². The van der Waals surface area contributed by atoms with Gasteiger partial charge in [0.15, 0.2) is 0 Å². The third-order valence-electron chi connectivity index (χ3n) is 6.26. The first-order valence-corrected chi connectivity index (χ1v) is 11.6. The molecular weight excluding hydrogens is 430 g/mol. The number of aromatic amines is 1. The summed E-state index contributed by atoms with van der Waals surface area (Å²) in [5.74, 6) is 7.17. The van der Waals surface area contributed by atoms with Crippen LogP contribution in [0.15, 0.2) is 53.3 Å². The van der Waals surface area contributed by atoms with E-state index in [2.05, 4.69) is 34.1 Å². The molecule has 7 heteroatoms. The Labute approximate surface area is 199 Å². The molecule has 1 heterocycles. The normalized spacial score (nSPS) is 16.3. The minimum absolute atomic E-state index is 0.0196. The smallest absolute Gasteiger partial charge is 0.248 e. The third kappa shape index (κ3) is 5.97. The Hall–Kier alpha value is -3.31. The standard InChI is InChI=1S/C27H31N3O4/c1-30(20-5-3-2-4-6-20)15-16-34-21-9-7-19(8-10-21)17-28-18-25(32)22-11-13-24(31)27-23(22)12-14-26(33)29-27/h7-14,20,25,28,31-32H,3,5-6,15-18H2,1H3,(H,29,33)/t20?,25-/m0/s1. The molecule has 7 nitrogen and oxygen atoms in total. The highest BCUT2D eigenvalue weighted by Crippen LogP contribution is 2.28. The molecular formula is C27H31N3O4. The lowest BCUT2D eigenvalue weighted by atomic mass is 10.0. The maximum Gasteiger partial charge on any atom is 0.248 e. The molecule has 0 bridgehead atoms. The number of phenolic OH excluding ortho intramolecular Hbond substituents is 1. The van der Waals surface area contributed by atoms with E-state index in [1.54, 1.807) is 12.1 Å². The van der Waals surface area contributed by atoms with Crippen LogP contribution in [0, 0.1) is 11.8 Å². The molecule has 4 rings (SSSR count). The number of hydrogen-bond donors (Lipinski definition) is 4. The van der Waals surface area contributed by atoms with Crippen molar-refractivity contribution in [2.75, 3.05) is 26.7 Å². The number of aromatic hydroxyl groups is 1. The first kappa shape index (κ1) is 23.8. The quantitative estimate of drug-likeness (QED) is 0.347. The molecule has 0 saturated carbocycles. The highest BCUT2D eigenvalue weighted by molar-refractivity contribution is 5.87. The first-order valence-electron chi connectivity index (χ1n) is 11.6. The topological polar surface area (TPSA) is 97.8 Å². The number of hydrogen-bond acceptors (Lipinski definition) is 6. The van der Waals surface area contributed by atoms with E-state index in [1.807, 2.05) is 24.3 Å². The molecule has 1 aliphatic rings. The fourth-order valence-corrected chi connectivity index (χ4v) is 4.20. The maximum atomic E-state index is 11.6. The predicted molar refractivity (Wildman–Crippen MR) is 133 cm³/mol. The second-order valence-corrected chi connectivity index (χ2v) is 8.66. The number of likely N-dealkylation sites (N-methyl/N-ethyl adjacent to an activating group) is 1. The van der Waals surface area contributed by atoms with Crippen LogP contribution < -0.4 is 15.6 Å². The summed E-state index contributed by atoms with van der Waals surface area (Å²) in [6.07, 6.45) is 2.26. The van der Waals surface area contributed by atoms with Crippen molar-refractivity contribution in [3.05, 3.63) is 70.0 Å². The van der Waals surface area contributed by atoms with Crippen molar-refractivity contribution in [1.82, 2.24) is 15.2 Å². The predicted octanol–water partition coefficient (Wildman–Crippen LogP) is 2.92. The van der Waals surface area contributed by atoms with Gasteiger partial charge >= 0.3 is 0 Å². The molecule has 178 valence electrons. The number of fused-ring (bicyclic) bond motifs is 1. The van der Waals surface area contributed by atoms with Gasteiger partial charge < -0.3 is 25.3 Å². The Balaban J connectivity index is 1.24. The minimum Gasteiger partial charge on any atom is -0.506 e. The summed E-state index contributed by atoms with van der Waals surface area (Å²) in [5, 5.41) is 24.6. The number of aliphatic hydroxyl groups excluding tert-OH is 1. The fraction of sp³-hybridized carbons (Fsp3) is 0.370. The number of nitrogens with one attached hydrogen (secondary N) is 2. The summed E-state index contributed by atoms with van der Waals surface area (Å²) in [6, 6.07) is 14.6. The number of nitrogens with zero attached hydrogens (tertiary/aromatic N) is 1. The fourth-order valence-electron chi connectivity index (χ4n) is 4.20. The highest BCUT2D eigenvalue weighted by atomic mass is 16.5. The van der Waals surface area contributed by atoms with E-state index < -0.39 is 6.10 Å². The number of H-pyrrole nitrogens is 1.